The van der Waals surface area contributed by atoms with Crippen molar-refractivity contribution in [3.63, 3.8) is 0 Å². The third-order valence-electron chi connectivity index (χ3n) is 4.18. The van der Waals surface area contributed by atoms with E-state index in [1.807, 2.05) is 4.90 Å². The van der Waals surface area contributed by atoms with Crippen LogP contribution in [0.25, 0.3) is 0 Å². The number of nitriles is 1. The Morgan fingerprint density at radius 3 is 2.48 bits per heavy atom. The van der Waals surface area contributed by atoms with Gasteiger partial charge in [-0.2, -0.15) is 18.4 Å². The lowest BCUT2D eigenvalue weighted by Gasteiger charge is -2.32. The average Bonchev–Trinajstić information content (AvgIpc) is 2.52. The maximum absolute atomic E-state index is 13.0. The van der Waals surface area contributed by atoms with E-state index >= 15 is 0 Å². The van der Waals surface area contributed by atoms with Gasteiger partial charge >= 0.3 is 6.18 Å². The van der Waals surface area contributed by atoms with Crippen LogP contribution in [0.3, 0.4) is 0 Å². The van der Waals surface area contributed by atoms with Crippen LogP contribution >= 0.6 is 0 Å². The summed E-state index contributed by atoms with van der Waals surface area (Å²) in [5.74, 6) is 0.107. The van der Waals surface area contributed by atoms with Crippen LogP contribution in [0.4, 0.5) is 18.9 Å². The van der Waals surface area contributed by atoms with E-state index in [9.17, 15) is 21.6 Å². The molecule has 0 unspecified atom stereocenters. The molecule has 0 bridgehead atoms. The largest absolute Gasteiger partial charge is 0.417 e. The number of halogens is 3. The number of alkyl halides is 3. The maximum Gasteiger partial charge on any atom is 0.417 e. The van der Waals surface area contributed by atoms with Gasteiger partial charge in [-0.1, -0.05) is 0 Å². The molecule has 1 N–H and O–H groups in total. The van der Waals surface area contributed by atoms with E-state index in [4.69, 9.17) is 5.26 Å². The Kier molecular flexibility index (Phi) is 5.95. The molecule has 138 valence electrons. The molecule has 2 rings (SSSR count). The summed E-state index contributed by atoms with van der Waals surface area (Å²) in [5, 5.41) is 11.9. The summed E-state index contributed by atoms with van der Waals surface area (Å²) in [6, 6.07) is 5.19. The third-order valence-corrected chi connectivity index (χ3v) is 5.11. The standard InChI is InChI=1S/C16H20F3N3O2S/c1-25(23,24)9-8-22-6-4-13(5-7-22)21-14-3-2-12(11-20)15(10-14)16(17,18)19/h2-3,10,13,21H,4-9H2,1H3. The lowest BCUT2D eigenvalue weighted by Crippen LogP contribution is -2.41. The van der Waals surface area contributed by atoms with Crippen LogP contribution in [0.5, 0.6) is 0 Å². The first kappa shape index (κ1) is 19.5. The summed E-state index contributed by atoms with van der Waals surface area (Å²) in [4.78, 5) is 2.04. The van der Waals surface area contributed by atoms with E-state index < -0.39 is 27.1 Å². The molecule has 1 aromatic carbocycles. The Hall–Kier alpha value is -1.79. The van der Waals surface area contributed by atoms with Gasteiger partial charge in [0.1, 0.15) is 9.84 Å². The Morgan fingerprint density at radius 1 is 1.32 bits per heavy atom. The third kappa shape index (κ3) is 5.90. The smallest absolute Gasteiger partial charge is 0.382 e. The van der Waals surface area contributed by atoms with Gasteiger partial charge in [0.2, 0.25) is 0 Å². The van der Waals surface area contributed by atoms with Gasteiger partial charge in [-0.3, -0.25) is 0 Å². The Labute approximate surface area is 145 Å². The molecule has 0 spiro atoms. The number of hydrogen-bond acceptors (Lipinski definition) is 5. The average molecular weight is 375 g/mol. The molecule has 1 saturated heterocycles. The summed E-state index contributed by atoms with van der Waals surface area (Å²) in [5.41, 5.74) is -1.000. The van der Waals surface area contributed by atoms with E-state index in [1.54, 1.807) is 6.07 Å². The van der Waals surface area contributed by atoms with Crippen molar-refractivity contribution < 1.29 is 21.6 Å². The van der Waals surface area contributed by atoms with Crippen LogP contribution in [-0.2, 0) is 16.0 Å². The van der Waals surface area contributed by atoms with Crippen molar-refractivity contribution in [1.29, 1.82) is 5.26 Å². The number of nitrogens with zero attached hydrogens (tertiary/aromatic N) is 2. The topological polar surface area (TPSA) is 73.2 Å². The zero-order chi connectivity index (χ0) is 18.7. The van der Waals surface area contributed by atoms with Crippen molar-refractivity contribution in [3.8, 4) is 6.07 Å². The molecule has 1 aliphatic heterocycles. The van der Waals surface area contributed by atoms with Gasteiger partial charge in [0.15, 0.2) is 0 Å². The fraction of sp³-hybridized carbons (Fsp3) is 0.562. The zero-order valence-corrected chi connectivity index (χ0v) is 14.6. The van der Waals surface area contributed by atoms with Crippen LogP contribution in [0, 0.1) is 11.3 Å². The minimum atomic E-state index is -4.57. The van der Waals surface area contributed by atoms with E-state index in [1.165, 1.54) is 18.4 Å². The van der Waals surface area contributed by atoms with Gasteiger partial charge in [-0.15, -0.1) is 0 Å². The van der Waals surface area contributed by atoms with E-state index in [0.717, 1.165) is 6.07 Å². The summed E-state index contributed by atoms with van der Waals surface area (Å²) in [7, 11) is -3.00. The Balaban J connectivity index is 1.95. The highest BCUT2D eigenvalue weighted by molar-refractivity contribution is 7.90. The number of rotatable bonds is 5. The highest BCUT2D eigenvalue weighted by Crippen LogP contribution is 2.34. The van der Waals surface area contributed by atoms with Gasteiger partial charge in [0, 0.05) is 37.6 Å². The minimum absolute atomic E-state index is 0.0171. The number of likely N-dealkylation sites (tertiary alicyclic amines) is 1. The molecule has 1 aromatic rings. The van der Waals surface area contributed by atoms with Crippen molar-refractivity contribution in [2.24, 2.45) is 0 Å². The molecule has 1 heterocycles. The molecule has 0 saturated carbocycles. The van der Waals surface area contributed by atoms with Crippen molar-refractivity contribution in [2.75, 3.05) is 37.0 Å². The number of nitrogens with one attached hydrogen (secondary N) is 1. The molecule has 0 amide bonds. The normalized spacial score (nSPS) is 17.2. The molecule has 1 fully saturated rings. The second kappa shape index (κ2) is 7.62. The Morgan fingerprint density at radius 2 is 1.96 bits per heavy atom. The molecule has 0 aliphatic carbocycles. The summed E-state index contributed by atoms with van der Waals surface area (Å²) in [6.07, 6.45) is -1.95. The minimum Gasteiger partial charge on any atom is -0.382 e. The lowest BCUT2D eigenvalue weighted by atomic mass is 10.0. The molecular weight excluding hydrogens is 355 g/mol. The van der Waals surface area contributed by atoms with E-state index in [-0.39, 0.29) is 11.8 Å². The van der Waals surface area contributed by atoms with Gasteiger partial charge in [-0.25, -0.2) is 8.42 Å². The molecule has 9 heteroatoms. The Bertz CT molecular complexity index is 749. The second-order valence-electron chi connectivity index (χ2n) is 6.26. The molecule has 1 aliphatic rings. The quantitative estimate of drug-likeness (QED) is 0.856. The number of sulfone groups is 1. The van der Waals surface area contributed by atoms with Gasteiger partial charge in [-0.05, 0) is 31.0 Å². The molecule has 0 aromatic heterocycles. The fourth-order valence-corrected chi connectivity index (χ4v) is 3.39. The number of benzene rings is 1. The van der Waals surface area contributed by atoms with Crippen LogP contribution in [0.2, 0.25) is 0 Å². The van der Waals surface area contributed by atoms with Crippen molar-refractivity contribution in [2.45, 2.75) is 25.1 Å². The van der Waals surface area contributed by atoms with E-state index in [0.29, 0.717) is 38.2 Å². The first-order valence-electron chi connectivity index (χ1n) is 7.86. The van der Waals surface area contributed by atoms with Gasteiger partial charge < -0.3 is 10.2 Å². The molecular formula is C16H20F3N3O2S. The predicted octanol–water partition coefficient (Wildman–Crippen LogP) is 2.50. The zero-order valence-electron chi connectivity index (χ0n) is 13.8. The summed E-state index contributed by atoms with van der Waals surface area (Å²) < 4.78 is 61.4. The predicted molar refractivity (Wildman–Crippen MR) is 89.0 cm³/mol. The van der Waals surface area contributed by atoms with Gasteiger partial charge in [0.25, 0.3) is 0 Å². The monoisotopic (exact) mass is 375 g/mol. The molecule has 0 atom stereocenters. The molecule has 5 nitrogen and oxygen atoms in total. The van der Waals surface area contributed by atoms with Crippen molar-refractivity contribution in [1.82, 2.24) is 4.90 Å². The van der Waals surface area contributed by atoms with Crippen LogP contribution in [-0.4, -0.2) is 51.0 Å². The molecule has 25 heavy (non-hydrogen) atoms. The van der Waals surface area contributed by atoms with E-state index in [2.05, 4.69) is 5.32 Å². The first-order chi connectivity index (χ1) is 11.6. The van der Waals surface area contributed by atoms with Crippen LogP contribution in [0.1, 0.15) is 24.0 Å². The number of hydrogen-bond donors (Lipinski definition) is 1. The van der Waals surface area contributed by atoms with Crippen LogP contribution < -0.4 is 5.32 Å². The number of piperidine rings is 1. The van der Waals surface area contributed by atoms with Crippen LogP contribution in [0.15, 0.2) is 18.2 Å². The summed E-state index contributed by atoms with van der Waals surface area (Å²) >= 11 is 0. The highest BCUT2D eigenvalue weighted by Gasteiger charge is 2.34. The summed E-state index contributed by atoms with van der Waals surface area (Å²) in [6.45, 7) is 1.85. The highest BCUT2D eigenvalue weighted by atomic mass is 32.2. The SMILES string of the molecule is CS(=O)(=O)CCN1CCC(Nc2ccc(C#N)c(C(F)(F)F)c2)CC1. The van der Waals surface area contributed by atoms with Gasteiger partial charge in [0.05, 0.1) is 22.9 Å². The second-order valence-corrected chi connectivity index (χ2v) is 8.52. The van der Waals surface area contributed by atoms with Crippen molar-refractivity contribution >= 4 is 15.5 Å². The number of anilines is 1. The first-order valence-corrected chi connectivity index (χ1v) is 9.92. The van der Waals surface area contributed by atoms with Crippen molar-refractivity contribution in [3.05, 3.63) is 29.3 Å². The molecule has 0 radical (unpaired) electrons. The fourth-order valence-electron chi connectivity index (χ4n) is 2.80. The lowest BCUT2D eigenvalue weighted by molar-refractivity contribution is -0.137. The maximum atomic E-state index is 13.0.